The summed E-state index contributed by atoms with van der Waals surface area (Å²) in [6.07, 6.45) is 9.34. The van der Waals surface area contributed by atoms with Crippen molar-refractivity contribution >= 4 is 46.8 Å². The molecule has 2 rings (SSSR count). The number of thiocarbonyl (C=S) groups is 2. The molecule has 0 saturated carbocycles. The van der Waals surface area contributed by atoms with Gasteiger partial charge in [0.1, 0.15) is 0 Å². The van der Waals surface area contributed by atoms with Gasteiger partial charge in [-0.15, -0.1) is 0 Å². The van der Waals surface area contributed by atoms with Crippen LogP contribution in [0.4, 0.5) is 0 Å². The summed E-state index contributed by atoms with van der Waals surface area (Å²) in [6.45, 7) is 0. The Bertz CT molecular complexity index is 525. The van der Waals surface area contributed by atoms with E-state index < -0.39 is 0 Å². The standard InChI is InChI=1S/C12H10N2.2CH4N2S/c1-2-8-14-12(3-1)5-4-11-6-9-13-10-7-11;2*2-1(3)4/h1-10H;2*(H4,2,3,4)/b5-4+;;. The number of aromatic nitrogens is 2. The Morgan fingerprint density at radius 3 is 1.82 bits per heavy atom. The number of hydrogen-bond acceptors (Lipinski definition) is 4. The van der Waals surface area contributed by atoms with Gasteiger partial charge in [-0.1, -0.05) is 12.1 Å². The zero-order valence-electron chi connectivity index (χ0n) is 11.8. The zero-order valence-corrected chi connectivity index (χ0v) is 13.4. The summed E-state index contributed by atoms with van der Waals surface area (Å²) in [5, 5.41) is 0.000000000000000444. The van der Waals surface area contributed by atoms with Crippen LogP contribution in [0.15, 0.2) is 48.9 Å². The molecule has 0 atom stereocenters. The Kier molecular flexibility index (Phi) is 10.8. The van der Waals surface area contributed by atoms with E-state index in [0.717, 1.165) is 11.3 Å². The minimum atomic E-state index is 0.000000000000000222. The minimum Gasteiger partial charge on any atom is -0.377 e. The molecule has 0 amide bonds. The summed E-state index contributed by atoms with van der Waals surface area (Å²) in [5.74, 6) is 0. The van der Waals surface area contributed by atoms with Crippen LogP contribution in [0.3, 0.4) is 0 Å². The highest BCUT2D eigenvalue weighted by Crippen LogP contribution is 2.03. The van der Waals surface area contributed by atoms with Crippen molar-refractivity contribution in [3.63, 3.8) is 0 Å². The lowest BCUT2D eigenvalue weighted by atomic mass is 10.2. The number of hydrogen-bond donors (Lipinski definition) is 4. The first-order valence-electron chi connectivity index (χ1n) is 6.00. The Balaban J connectivity index is 0.000000464. The van der Waals surface area contributed by atoms with Gasteiger partial charge in [-0.05, 0) is 60.3 Å². The van der Waals surface area contributed by atoms with Crippen LogP contribution in [0.5, 0.6) is 0 Å². The van der Waals surface area contributed by atoms with Crippen molar-refractivity contribution in [3.05, 3.63) is 60.2 Å². The maximum atomic E-state index is 4.62. The molecule has 8 N–H and O–H groups in total. The largest absolute Gasteiger partial charge is 0.377 e. The second kappa shape index (κ2) is 12.2. The third-order valence-electron chi connectivity index (χ3n) is 1.84. The van der Waals surface area contributed by atoms with Gasteiger partial charge in [0.05, 0.1) is 5.69 Å². The quantitative estimate of drug-likeness (QED) is 0.599. The van der Waals surface area contributed by atoms with E-state index in [4.69, 9.17) is 0 Å². The van der Waals surface area contributed by atoms with Gasteiger partial charge in [0.25, 0.3) is 0 Å². The zero-order chi connectivity index (χ0) is 16.8. The molecule has 0 saturated heterocycles. The summed E-state index contributed by atoms with van der Waals surface area (Å²) < 4.78 is 0. The average molecular weight is 334 g/mol. The van der Waals surface area contributed by atoms with E-state index in [0.29, 0.717) is 0 Å². The second-order valence-corrected chi connectivity index (χ2v) is 4.62. The van der Waals surface area contributed by atoms with E-state index in [-0.39, 0.29) is 10.2 Å². The van der Waals surface area contributed by atoms with Gasteiger partial charge >= 0.3 is 0 Å². The molecule has 8 heteroatoms. The Hall–Kier alpha value is -2.58. The predicted octanol–water partition coefficient (Wildman–Crippen LogP) is 1.02. The van der Waals surface area contributed by atoms with Crippen molar-refractivity contribution in [1.29, 1.82) is 0 Å². The lowest BCUT2D eigenvalue weighted by molar-refractivity contribution is 1.30. The highest BCUT2D eigenvalue weighted by molar-refractivity contribution is 7.80. The van der Waals surface area contributed by atoms with Crippen LogP contribution in [0.1, 0.15) is 11.3 Å². The molecule has 0 unspecified atom stereocenters. The summed E-state index contributed by atoms with van der Waals surface area (Å²) in [7, 11) is 0. The Morgan fingerprint density at radius 2 is 1.36 bits per heavy atom. The molecule has 116 valence electrons. The maximum Gasteiger partial charge on any atom is 0.160 e. The van der Waals surface area contributed by atoms with E-state index in [1.54, 1.807) is 18.6 Å². The van der Waals surface area contributed by atoms with Gasteiger partial charge in [0.2, 0.25) is 0 Å². The third kappa shape index (κ3) is 13.8. The lowest BCUT2D eigenvalue weighted by Crippen LogP contribution is -2.18. The molecule has 6 nitrogen and oxygen atoms in total. The molecular weight excluding hydrogens is 316 g/mol. The molecule has 2 heterocycles. The van der Waals surface area contributed by atoms with E-state index in [9.17, 15) is 0 Å². The Labute approximate surface area is 140 Å². The summed E-state index contributed by atoms with van der Waals surface area (Å²) >= 11 is 8.19. The lowest BCUT2D eigenvalue weighted by Gasteiger charge is -1.91. The molecule has 0 aromatic carbocycles. The van der Waals surface area contributed by atoms with Crippen molar-refractivity contribution < 1.29 is 0 Å². The van der Waals surface area contributed by atoms with Gasteiger partial charge in [-0.25, -0.2) is 0 Å². The molecular formula is C14H18N6S2. The molecule has 0 aliphatic carbocycles. The van der Waals surface area contributed by atoms with Crippen molar-refractivity contribution in [2.24, 2.45) is 22.9 Å². The SMILES string of the molecule is C(=C\c1ccccn1)/c1ccncc1.NC(N)=S.NC(N)=S. The first kappa shape index (κ1) is 19.4. The molecule has 22 heavy (non-hydrogen) atoms. The topological polar surface area (TPSA) is 130 Å². The van der Waals surface area contributed by atoms with Crippen LogP contribution in [-0.4, -0.2) is 20.2 Å². The van der Waals surface area contributed by atoms with Gasteiger partial charge < -0.3 is 22.9 Å². The second-order valence-electron chi connectivity index (χ2n) is 3.67. The van der Waals surface area contributed by atoms with Crippen LogP contribution in [0.2, 0.25) is 0 Å². The van der Waals surface area contributed by atoms with E-state index in [1.807, 2.05) is 42.5 Å². The van der Waals surface area contributed by atoms with Crippen LogP contribution in [0, 0.1) is 0 Å². The first-order valence-corrected chi connectivity index (χ1v) is 6.82. The van der Waals surface area contributed by atoms with E-state index in [1.165, 1.54) is 0 Å². The summed E-state index contributed by atoms with van der Waals surface area (Å²) in [5.41, 5.74) is 20.6. The Morgan fingerprint density at radius 1 is 0.818 bits per heavy atom. The van der Waals surface area contributed by atoms with Crippen LogP contribution >= 0.6 is 24.4 Å². The minimum absolute atomic E-state index is 0.000000000000000222. The fourth-order valence-corrected chi connectivity index (χ4v) is 1.13. The third-order valence-corrected chi connectivity index (χ3v) is 1.84. The molecule has 0 radical (unpaired) electrons. The van der Waals surface area contributed by atoms with Crippen LogP contribution in [-0.2, 0) is 0 Å². The number of rotatable bonds is 2. The van der Waals surface area contributed by atoms with Crippen molar-refractivity contribution in [2.75, 3.05) is 0 Å². The normalized spacial score (nSPS) is 8.91. The van der Waals surface area contributed by atoms with Gasteiger partial charge in [0.15, 0.2) is 10.2 Å². The maximum absolute atomic E-state index is 4.62. The predicted molar refractivity (Wildman–Crippen MR) is 99.3 cm³/mol. The number of nitrogens with two attached hydrogens (primary N) is 4. The monoisotopic (exact) mass is 334 g/mol. The highest BCUT2D eigenvalue weighted by Gasteiger charge is 1.85. The molecule has 0 spiro atoms. The van der Waals surface area contributed by atoms with Gasteiger partial charge in [-0.3, -0.25) is 9.97 Å². The fraction of sp³-hybridized carbons (Fsp3) is 0. The molecule has 2 aromatic heterocycles. The van der Waals surface area contributed by atoms with Gasteiger partial charge in [0, 0.05) is 18.6 Å². The smallest absolute Gasteiger partial charge is 0.160 e. The van der Waals surface area contributed by atoms with Crippen LogP contribution in [0.25, 0.3) is 12.2 Å². The molecule has 0 fully saturated rings. The molecule has 2 aromatic rings. The van der Waals surface area contributed by atoms with E-state index >= 15 is 0 Å². The molecule has 0 aliphatic heterocycles. The summed E-state index contributed by atoms with van der Waals surface area (Å²) in [6, 6.07) is 9.76. The van der Waals surface area contributed by atoms with Crippen LogP contribution < -0.4 is 22.9 Å². The number of nitrogens with zero attached hydrogens (tertiary/aromatic N) is 2. The van der Waals surface area contributed by atoms with Crippen molar-refractivity contribution in [2.45, 2.75) is 0 Å². The fourth-order valence-electron chi connectivity index (χ4n) is 1.13. The highest BCUT2D eigenvalue weighted by atomic mass is 32.1. The first-order chi connectivity index (χ1) is 10.4. The van der Waals surface area contributed by atoms with Crippen molar-refractivity contribution in [3.8, 4) is 0 Å². The average Bonchev–Trinajstić information content (AvgIpc) is 2.46. The molecule has 0 bridgehead atoms. The molecule has 0 aliphatic rings. The number of pyridine rings is 2. The van der Waals surface area contributed by atoms with Crippen molar-refractivity contribution in [1.82, 2.24) is 9.97 Å². The summed E-state index contributed by atoms with van der Waals surface area (Å²) in [4.78, 5) is 8.14. The van der Waals surface area contributed by atoms with Gasteiger partial charge in [-0.2, -0.15) is 0 Å². The van der Waals surface area contributed by atoms with E-state index in [2.05, 4.69) is 57.3 Å².